The topological polar surface area (TPSA) is 82.0 Å². The minimum absolute atomic E-state index is 0.426. The molecule has 1 aliphatic rings. The van der Waals surface area contributed by atoms with E-state index in [4.69, 9.17) is 22.3 Å². The molecule has 3 aromatic rings. The summed E-state index contributed by atoms with van der Waals surface area (Å²) in [5.41, 5.74) is 9.19. The number of benzene rings is 1. The van der Waals surface area contributed by atoms with Crippen molar-refractivity contribution in [3.63, 3.8) is 0 Å². The molecule has 1 aliphatic heterocycles. The number of halogens is 1. The lowest BCUT2D eigenvalue weighted by Crippen LogP contribution is -2.13. The Bertz CT molecular complexity index is 916. The third-order valence-corrected chi connectivity index (χ3v) is 4.14. The van der Waals surface area contributed by atoms with Crippen LogP contribution in [0.4, 0.5) is 0 Å². The molecule has 1 aromatic carbocycles. The van der Waals surface area contributed by atoms with Crippen LogP contribution in [0.2, 0.25) is 5.02 Å². The Balaban J connectivity index is 1.96. The van der Waals surface area contributed by atoms with Gasteiger partial charge < -0.3 is 5.73 Å². The average molecular weight is 339 g/mol. The van der Waals surface area contributed by atoms with Crippen molar-refractivity contribution in [2.24, 2.45) is 10.7 Å². The molecule has 7 heteroatoms. The summed E-state index contributed by atoms with van der Waals surface area (Å²) in [5.74, 6) is 1.61. The molecule has 0 radical (unpaired) electrons. The molecule has 0 bridgehead atoms. The van der Waals surface area contributed by atoms with Crippen LogP contribution < -0.4 is 5.73 Å². The Morgan fingerprint density at radius 2 is 2.08 bits per heavy atom. The molecule has 0 fully saturated rings. The van der Waals surface area contributed by atoms with Gasteiger partial charge in [-0.25, -0.2) is 0 Å². The van der Waals surface area contributed by atoms with E-state index in [0.29, 0.717) is 24.5 Å². The Hall–Kier alpha value is -2.57. The standard InChI is InChI=1S/C17H15ClN6/c18-11-4-5-14-12(9-11)17(13-3-1-2-8-20-13)21-10-16-23-22-15(6-7-19)24(14)16/h1-5,8-9H,6-7,10,19H2. The number of hydrogen-bond donors (Lipinski definition) is 1. The number of aliphatic imine (C=N–C) groups is 1. The Morgan fingerprint density at radius 1 is 1.17 bits per heavy atom. The van der Waals surface area contributed by atoms with Crippen LogP contribution in [-0.4, -0.2) is 32.0 Å². The molecule has 0 atom stereocenters. The van der Waals surface area contributed by atoms with Crippen molar-refractivity contribution < 1.29 is 0 Å². The van der Waals surface area contributed by atoms with E-state index >= 15 is 0 Å². The van der Waals surface area contributed by atoms with Gasteiger partial charge in [0.1, 0.15) is 12.4 Å². The first-order valence-corrected chi connectivity index (χ1v) is 8.05. The second-order valence-electron chi connectivity index (χ2n) is 5.45. The molecule has 0 saturated heterocycles. The Labute approximate surface area is 144 Å². The zero-order chi connectivity index (χ0) is 16.5. The lowest BCUT2D eigenvalue weighted by Gasteiger charge is -2.13. The van der Waals surface area contributed by atoms with Crippen LogP contribution in [-0.2, 0) is 13.0 Å². The van der Waals surface area contributed by atoms with Crippen molar-refractivity contribution in [1.82, 2.24) is 19.7 Å². The summed E-state index contributed by atoms with van der Waals surface area (Å²) < 4.78 is 2.03. The first-order chi connectivity index (χ1) is 11.8. The fourth-order valence-electron chi connectivity index (χ4n) is 2.87. The molecule has 3 heterocycles. The van der Waals surface area contributed by atoms with E-state index in [2.05, 4.69) is 15.2 Å². The molecule has 2 N–H and O–H groups in total. The van der Waals surface area contributed by atoms with Gasteiger partial charge in [-0.05, 0) is 36.9 Å². The summed E-state index contributed by atoms with van der Waals surface area (Å²) in [4.78, 5) is 9.17. The van der Waals surface area contributed by atoms with Crippen molar-refractivity contribution in [2.45, 2.75) is 13.0 Å². The maximum Gasteiger partial charge on any atom is 0.159 e. The average Bonchev–Trinajstić information content (AvgIpc) is 2.92. The minimum Gasteiger partial charge on any atom is -0.330 e. The van der Waals surface area contributed by atoms with Crippen molar-refractivity contribution in [3.05, 3.63) is 70.5 Å². The van der Waals surface area contributed by atoms with E-state index in [1.54, 1.807) is 6.20 Å². The van der Waals surface area contributed by atoms with Gasteiger partial charge in [-0.2, -0.15) is 0 Å². The van der Waals surface area contributed by atoms with Crippen molar-refractivity contribution in [1.29, 1.82) is 0 Å². The lowest BCUT2D eigenvalue weighted by molar-refractivity contribution is 0.810. The van der Waals surface area contributed by atoms with Crippen LogP contribution >= 0.6 is 11.6 Å². The van der Waals surface area contributed by atoms with Crippen LogP contribution in [0.5, 0.6) is 0 Å². The minimum atomic E-state index is 0.426. The van der Waals surface area contributed by atoms with Gasteiger partial charge in [0.05, 0.1) is 17.1 Å². The largest absolute Gasteiger partial charge is 0.330 e. The third kappa shape index (κ3) is 2.50. The Kier molecular flexibility index (Phi) is 3.84. The third-order valence-electron chi connectivity index (χ3n) is 3.91. The summed E-state index contributed by atoms with van der Waals surface area (Å²) in [5, 5.41) is 9.19. The highest BCUT2D eigenvalue weighted by atomic mass is 35.5. The summed E-state index contributed by atoms with van der Waals surface area (Å²) in [6, 6.07) is 11.5. The van der Waals surface area contributed by atoms with Crippen LogP contribution in [0.3, 0.4) is 0 Å². The highest BCUT2D eigenvalue weighted by molar-refractivity contribution is 6.31. The van der Waals surface area contributed by atoms with Crippen LogP contribution in [0.15, 0.2) is 47.6 Å². The van der Waals surface area contributed by atoms with Gasteiger partial charge in [0, 0.05) is 23.2 Å². The highest BCUT2D eigenvalue weighted by Gasteiger charge is 2.23. The van der Waals surface area contributed by atoms with E-state index in [-0.39, 0.29) is 0 Å². The monoisotopic (exact) mass is 338 g/mol. The predicted octanol–water partition coefficient (Wildman–Crippen LogP) is 2.17. The molecule has 0 spiro atoms. The zero-order valence-electron chi connectivity index (χ0n) is 12.9. The quantitative estimate of drug-likeness (QED) is 0.793. The highest BCUT2D eigenvalue weighted by Crippen LogP contribution is 2.27. The van der Waals surface area contributed by atoms with Gasteiger partial charge in [0.25, 0.3) is 0 Å². The maximum absolute atomic E-state index is 6.25. The van der Waals surface area contributed by atoms with Crippen molar-refractivity contribution in [2.75, 3.05) is 6.54 Å². The first-order valence-electron chi connectivity index (χ1n) is 7.67. The molecule has 0 saturated carbocycles. The fourth-order valence-corrected chi connectivity index (χ4v) is 3.05. The van der Waals surface area contributed by atoms with E-state index in [0.717, 1.165) is 34.3 Å². The van der Waals surface area contributed by atoms with Gasteiger partial charge in [-0.15, -0.1) is 10.2 Å². The molecular formula is C17H15ClN6. The maximum atomic E-state index is 6.25. The number of nitrogens with zero attached hydrogens (tertiary/aromatic N) is 5. The van der Waals surface area contributed by atoms with Gasteiger partial charge in [0.2, 0.25) is 0 Å². The van der Waals surface area contributed by atoms with E-state index in [1.807, 2.05) is 41.0 Å². The molecule has 0 aliphatic carbocycles. The van der Waals surface area contributed by atoms with Crippen molar-refractivity contribution in [3.8, 4) is 5.69 Å². The molecule has 6 nitrogen and oxygen atoms in total. The summed E-state index contributed by atoms with van der Waals surface area (Å²) >= 11 is 6.25. The molecule has 2 aromatic heterocycles. The number of nitrogens with two attached hydrogens (primary N) is 1. The van der Waals surface area contributed by atoms with Crippen molar-refractivity contribution >= 4 is 17.3 Å². The summed E-state index contributed by atoms with van der Waals surface area (Å²) in [7, 11) is 0. The van der Waals surface area contributed by atoms with E-state index in [1.165, 1.54) is 0 Å². The normalized spacial score (nSPS) is 13.0. The molecule has 4 rings (SSSR count). The van der Waals surface area contributed by atoms with E-state index < -0.39 is 0 Å². The fraction of sp³-hybridized carbons (Fsp3) is 0.176. The number of hydrogen-bond acceptors (Lipinski definition) is 5. The van der Waals surface area contributed by atoms with Crippen LogP contribution in [0, 0.1) is 0 Å². The van der Waals surface area contributed by atoms with Gasteiger partial charge >= 0.3 is 0 Å². The van der Waals surface area contributed by atoms with Gasteiger partial charge in [-0.1, -0.05) is 17.7 Å². The predicted molar refractivity (Wildman–Crippen MR) is 92.7 cm³/mol. The number of aromatic nitrogens is 4. The second-order valence-corrected chi connectivity index (χ2v) is 5.88. The van der Waals surface area contributed by atoms with Gasteiger partial charge in [-0.3, -0.25) is 14.5 Å². The van der Waals surface area contributed by atoms with E-state index in [9.17, 15) is 0 Å². The number of pyridine rings is 1. The molecule has 0 unspecified atom stereocenters. The summed E-state index contributed by atoms with van der Waals surface area (Å²) in [6.45, 7) is 0.935. The summed E-state index contributed by atoms with van der Waals surface area (Å²) in [6.07, 6.45) is 2.40. The van der Waals surface area contributed by atoms with Crippen LogP contribution in [0.1, 0.15) is 22.9 Å². The van der Waals surface area contributed by atoms with Gasteiger partial charge in [0.15, 0.2) is 5.82 Å². The second kappa shape index (κ2) is 6.14. The number of fused-ring (bicyclic) bond motifs is 3. The molecule has 120 valence electrons. The molecule has 0 amide bonds. The smallest absolute Gasteiger partial charge is 0.159 e. The zero-order valence-corrected chi connectivity index (χ0v) is 13.6. The molecule has 24 heavy (non-hydrogen) atoms. The molecular weight excluding hydrogens is 324 g/mol. The lowest BCUT2D eigenvalue weighted by atomic mass is 10.0. The van der Waals surface area contributed by atoms with Crippen LogP contribution in [0.25, 0.3) is 5.69 Å². The first kappa shape index (κ1) is 15.0. The Morgan fingerprint density at radius 3 is 2.88 bits per heavy atom. The number of rotatable bonds is 3. The SMILES string of the molecule is NCCc1nnc2n1-c1ccc(Cl)cc1C(c1ccccn1)=NC2.